The quantitative estimate of drug-likeness (QED) is 0.821. The van der Waals surface area contributed by atoms with Gasteiger partial charge in [-0.1, -0.05) is 6.07 Å². The number of rotatable bonds is 6. The summed E-state index contributed by atoms with van der Waals surface area (Å²) in [6.07, 6.45) is 1.58. The number of carbonyl (C=O) groups excluding carboxylic acids is 1. The molecule has 0 aromatic carbocycles. The van der Waals surface area contributed by atoms with Crippen molar-refractivity contribution in [2.24, 2.45) is 0 Å². The van der Waals surface area contributed by atoms with Gasteiger partial charge in [-0.25, -0.2) is 13.1 Å². The molecule has 6 nitrogen and oxygen atoms in total. The van der Waals surface area contributed by atoms with E-state index in [1.807, 2.05) is 22.4 Å². The summed E-state index contributed by atoms with van der Waals surface area (Å²) in [4.78, 5) is 17.1. The molecule has 8 heteroatoms. The third-order valence-electron chi connectivity index (χ3n) is 4.09. The molecule has 0 bridgehead atoms. The summed E-state index contributed by atoms with van der Waals surface area (Å²) in [5.41, 5.74) is 0. The molecule has 2 heterocycles. The summed E-state index contributed by atoms with van der Waals surface area (Å²) < 4.78 is 26.1. The van der Waals surface area contributed by atoms with Gasteiger partial charge in [-0.2, -0.15) is 0 Å². The molecule has 0 spiro atoms. The number of thiophene rings is 1. The van der Waals surface area contributed by atoms with Crippen molar-refractivity contribution in [1.29, 1.82) is 0 Å². The number of nitrogens with zero attached hydrogens (tertiary/aromatic N) is 2. The van der Waals surface area contributed by atoms with Crippen LogP contribution in [0.2, 0.25) is 0 Å². The first kappa shape index (κ1) is 15.9. The highest BCUT2D eigenvalue weighted by atomic mass is 32.2. The number of carbonyl (C=O) groups is 1. The lowest BCUT2D eigenvalue weighted by molar-refractivity contribution is 0.0645. The predicted molar refractivity (Wildman–Crippen MR) is 86.6 cm³/mol. The lowest BCUT2D eigenvalue weighted by atomic mass is 10.3. The molecule has 3 rings (SSSR count). The van der Waals surface area contributed by atoms with E-state index in [9.17, 15) is 13.2 Å². The minimum Gasteiger partial charge on any atom is -0.335 e. The molecular formula is C14H21N3O3S2. The predicted octanol–water partition coefficient (Wildman–Crippen LogP) is 0.588. The molecule has 0 unspecified atom stereocenters. The average molecular weight is 343 g/mol. The topological polar surface area (TPSA) is 69.7 Å². The van der Waals surface area contributed by atoms with Crippen molar-refractivity contribution in [3.63, 3.8) is 0 Å². The van der Waals surface area contributed by atoms with Gasteiger partial charge in [-0.05, 0) is 24.3 Å². The SMILES string of the molecule is O=C(c1cccs1)N1CCN(CCNS(=O)(=O)C2CC2)CC1. The monoisotopic (exact) mass is 343 g/mol. The van der Waals surface area contributed by atoms with Gasteiger partial charge in [0.1, 0.15) is 0 Å². The summed E-state index contributed by atoms with van der Waals surface area (Å²) in [5, 5.41) is 1.75. The zero-order valence-corrected chi connectivity index (χ0v) is 14.0. The Bertz CT molecular complexity index is 603. The Morgan fingerprint density at radius 3 is 2.59 bits per heavy atom. The van der Waals surface area contributed by atoms with E-state index in [1.54, 1.807) is 0 Å². The van der Waals surface area contributed by atoms with E-state index < -0.39 is 10.0 Å². The normalized spacial score (nSPS) is 20.3. The Balaban J connectivity index is 1.39. The van der Waals surface area contributed by atoms with E-state index in [4.69, 9.17) is 0 Å². The number of nitrogens with one attached hydrogen (secondary N) is 1. The van der Waals surface area contributed by atoms with Crippen molar-refractivity contribution in [2.75, 3.05) is 39.3 Å². The summed E-state index contributed by atoms with van der Waals surface area (Å²) in [7, 11) is -3.08. The highest BCUT2D eigenvalue weighted by Gasteiger charge is 2.35. The minimum absolute atomic E-state index is 0.101. The van der Waals surface area contributed by atoms with Crippen LogP contribution in [0.1, 0.15) is 22.5 Å². The van der Waals surface area contributed by atoms with E-state index in [0.717, 1.165) is 30.8 Å². The molecule has 1 amide bonds. The van der Waals surface area contributed by atoms with Crippen LogP contribution < -0.4 is 4.72 Å². The lowest BCUT2D eigenvalue weighted by Gasteiger charge is -2.34. The number of piperazine rings is 1. The van der Waals surface area contributed by atoms with Gasteiger partial charge in [-0.15, -0.1) is 11.3 Å². The van der Waals surface area contributed by atoms with E-state index in [0.29, 0.717) is 26.2 Å². The van der Waals surface area contributed by atoms with Crippen LogP contribution in [0, 0.1) is 0 Å². The highest BCUT2D eigenvalue weighted by molar-refractivity contribution is 7.90. The molecule has 1 aliphatic carbocycles. The Hall–Kier alpha value is -0.960. The molecule has 1 aromatic heterocycles. The Morgan fingerprint density at radius 1 is 1.27 bits per heavy atom. The highest BCUT2D eigenvalue weighted by Crippen LogP contribution is 2.27. The van der Waals surface area contributed by atoms with Crippen molar-refractivity contribution in [1.82, 2.24) is 14.5 Å². The van der Waals surface area contributed by atoms with Crippen molar-refractivity contribution in [3.05, 3.63) is 22.4 Å². The number of hydrogen-bond acceptors (Lipinski definition) is 5. The third kappa shape index (κ3) is 3.87. The van der Waals surface area contributed by atoms with Crippen LogP contribution in [0.3, 0.4) is 0 Å². The molecule has 1 N–H and O–H groups in total. The van der Waals surface area contributed by atoms with Crippen LogP contribution in [0.25, 0.3) is 0 Å². The van der Waals surface area contributed by atoms with Gasteiger partial charge in [0, 0.05) is 39.3 Å². The maximum Gasteiger partial charge on any atom is 0.264 e. The Morgan fingerprint density at radius 2 is 2.00 bits per heavy atom. The zero-order chi connectivity index (χ0) is 15.6. The summed E-state index contributed by atoms with van der Waals surface area (Å²) in [5.74, 6) is 0.101. The van der Waals surface area contributed by atoms with Gasteiger partial charge in [0.15, 0.2) is 0 Å². The fourth-order valence-electron chi connectivity index (χ4n) is 2.57. The lowest BCUT2D eigenvalue weighted by Crippen LogP contribution is -2.50. The summed E-state index contributed by atoms with van der Waals surface area (Å²) in [6.45, 7) is 4.15. The molecule has 122 valence electrons. The van der Waals surface area contributed by atoms with Gasteiger partial charge in [0.05, 0.1) is 10.1 Å². The molecular weight excluding hydrogens is 322 g/mol. The minimum atomic E-state index is -3.08. The van der Waals surface area contributed by atoms with Crippen LogP contribution >= 0.6 is 11.3 Å². The van der Waals surface area contributed by atoms with E-state index >= 15 is 0 Å². The molecule has 1 aromatic rings. The van der Waals surface area contributed by atoms with Gasteiger partial charge < -0.3 is 4.90 Å². The fourth-order valence-corrected chi connectivity index (χ4v) is 4.63. The largest absolute Gasteiger partial charge is 0.335 e. The van der Waals surface area contributed by atoms with E-state index in [1.165, 1.54) is 11.3 Å². The van der Waals surface area contributed by atoms with Crippen molar-refractivity contribution < 1.29 is 13.2 Å². The molecule has 2 aliphatic rings. The molecule has 0 radical (unpaired) electrons. The Kier molecular flexibility index (Phi) is 4.82. The van der Waals surface area contributed by atoms with Gasteiger partial charge in [-0.3, -0.25) is 9.69 Å². The van der Waals surface area contributed by atoms with Crippen molar-refractivity contribution >= 4 is 27.3 Å². The molecule has 2 fully saturated rings. The first-order chi connectivity index (χ1) is 10.6. The molecule has 0 atom stereocenters. The second-order valence-electron chi connectivity index (χ2n) is 5.75. The van der Waals surface area contributed by atoms with Crippen molar-refractivity contribution in [2.45, 2.75) is 18.1 Å². The van der Waals surface area contributed by atoms with Gasteiger partial charge in [0.25, 0.3) is 5.91 Å². The van der Waals surface area contributed by atoms with Crippen molar-refractivity contribution in [3.8, 4) is 0 Å². The fraction of sp³-hybridized carbons (Fsp3) is 0.643. The Labute approximate surface area is 135 Å². The van der Waals surface area contributed by atoms with E-state index in [2.05, 4.69) is 9.62 Å². The van der Waals surface area contributed by atoms with Gasteiger partial charge >= 0.3 is 0 Å². The third-order valence-corrected chi connectivity index (χ3v) is 6.90. The molecule has 1 saturated heterocycles. The average Bonchev–Trinajstić information content (AvgIpc) is 3.24. The first-order valence-electron chi connectivity index (χ1n) is 7.60. The van der Waals surface area contributed by atoms with Crippen LogP contribution in [-0.2, 0) is 10.0 Å². The zero-order valence-electron chi connectivity index (χ0n) is 12.4. The first-order valence-corrected chi connectivity index (χ1v) is 10.0. The standard InChI is InChI=1S/C14H21N3O3S2/c18-14(13-2-1-11-21-13)17-9-7-16(8-10-17)6-5-15-22(19,20)12-3-4-12/h1-2,11-12,15H,3-10H2. The number of amides is 1. The molecule has 1 saturated carbocycles. The second kappa shape index (κ2) is 6.66. The van der Waals surface area contributed by atoms with Crippen LogP contribution in [0.5, 0.6) is 0 Å². The number of hydrogen-bond donors (Lipinski definition) is 1. The second-order valence-corrected chi connectivity index (χ2v) is 8.74. The number of sulfonamides is 1. The summed E-state index contributed by atoms with van der Waals surface area (Å²) in [6, 6.07) is 3.74. The molecule has 1 aliphatic heterocycles. The van der Waals surface area contributed by atoms with Crippen LogP contribution in [-0.4, -0.2) is 68.6 Å². The molecule has 22 heavy (non-hydrogen) atoms. The maximum absolute atomic E-state index is 12.2. The smallest absolute Gasteiger partial charge is 0.264 e. The van der Waals surface area contributed by atoms with Crippen LogP contribution in [0.15, 0.2) is 17.5 Å². The van der Waals surface area contributed by atoms with Gasteiger partial charge in [0.2, 0.25) is 10.0 Å². The summed E-state index contributed by atoms with van der Waals surface area (Å²) >= 11 is 1.47. The maximum atomic E-state index is 12.2. The van der Waals surface area contributed by atoms with Crippen LogP contribution in [0.4, 0.5) is 0 Å². The van der Waals surface area contributed by atoms with E-state index in [-0.39, 0.29) is 11.2 Å².